The molecule has 2 heterocycles. The molecule has 0 radical (unpaired) electrons. The molecule has 0 aromatic heterocycles. The zero-order valence-corrected chi connectivity index (χ0v) is 17.2. The number of carbonyl (C=O) groups excluding carboxylic acids is 2. The quantitative estimate of drug-likeness (QED) is 0.423. The molecule has 2 aliphatic heterocycles. The van der Waals surface area contributed by atoms with Crippen molar-refractivity contribution < 1.29 is 33.6 Å². The number of aliphatic hydroxyl groups is 1. The van der Waals surface area contributed by atoms with Gasteiger partial charge in [0.1, 0.15) is 0 Å². The third-order valence-corrected chi connectivity index (χ3v) is 5.75. The highest BCUT2D eigenvalue weighted by molar-refractivity contribution is 5.20. The van der Waals surface area contributed by atoms with Gasteiger partial charge in [-0.05, 0) is 30.7 Å². The van der Waals surface area contributed by atoms with Gasteiger partial charge in [0.15, 0.2) is 12.6 Å². The molecule has 10 heteroatoms. The Morgan fingerprint density at radius 1 is 1.11 bits per heavy atom. The van der Waals surface area contributed by atoms with Crippen LogP contribution in [-0.2, 0) is 28.5 Å². The van der Waals surface area contributed by atoms with E-state index in [1.165, 1.54) is 0 Å². The van der Waals surface area contributed by atoms with Crippen LogP contribution < -0.4 is 0 Å². The summed E-state index contributed by atoms with van der Waals surface area (Å²) in [5, 5.41) is 14.1. The second-order valence-corrected chi connectivity index (χ2v) is 7.34. The van der Waals surface area contributed by atoms with E-state index >= 15 is 0 Å². The number of hydrogen-bond donors (Lipinski definition) is 1. The lowest BCUT2D eigenvalue weighted by atomic mass is 9.84. The smallest absolute Gasteiger partial charge is 0.373 e. The summed E-state index contributed by atoms with van der Waals surface area (Å²) in [6.07, 6.45) is -1.30. The maximum atomic E-state index is 10.2. The molecule has 2 fully saturated rings. The molecule has 10 atom stereocenters. The van der Waals surface area contributed by atoms with Crippen LogP contribution in [0.15, 0.2) is 5.11 Å². The molecule has 0 spiro atoms. The highest BCUT2D eigenvalue weighted by atomic mass is 16.7. The van der Waals surface area contributed by atoms with Crippen LogP contribution in [0.3, 0.4) is 0 Å². The zero-order chi connectivity index (χ0) is 21.4. The average Bonchev–Trinajstić information content (AvgIpc) is 2.68. The van der Waals surface area contributed by atoms with E-state index in [0.29, 0.717) is 0 Å². The molecule has 0 aromatic rings. The van der Waals surface area contributed by atoms with E-state index in [1.807, 2.05) is 34.6 Å². The normalized spacial score (nSPS) is 43.1. The maximum Gasteiger partial charge on any atom is 0.373 e. The van der Waals surface area contributed by atoms with Crippen LogP contribution in [0, 0.1) is 17.8 Å². The van der Waals surface area contributed by atoms with E-state index in [9.17, 15) is 5.11 Å². The van der Waals surface area contributed by atoms with Crippen molar-refractivity contribution in [1.29, 1.82) is 0 Å². The second-order valence-electron chi connectivity index (χ2n) is 7.34. The Balaban J connectivity index is 0.00000122. The number of ether oxygens (including phenoxy) is 4. The molecule has 10 nitrogen and oxygen atoms in total. The van der Waals surface area contributed by atoms with Gasteiger partial charge >= 0.3 is 6.15 Å². The first-order valence-corrected chi connectivity index (χ1v) is 9.47. The minimum atomic E-state index is -0.583. The van der Waals surface area contributed by atoms with Crippen molar-refractivity contribution in [1.82, 2.24) is 0 Å². The highest BCUT2D eigenvalue weighted by Gasteiger charge is 2.47. The van der Waals surface area contributed by atoms with Crippen molar-refractivity contribution in [2.75, 3.05) is 7.11 Å². The van der Waals surface area contributed by atoms with Gasteiger partial charge in [0, 0.05) is 17.9 Å². The lowest BCUT2D eigenvalue weighted by Crippen LogP contribution is -2.57. The van der Waals surface area contributed by atoms with Gasteiger partial charge in [-0.15, -0.1) is 0 Å². The van der Waals surface area contributed by atoms with Crippen LogP contribution in [-0.4, -0.2) is 61.4 Å². The molecule has 0 saturated carbocycles. The molecular weight excluding hydrogens is 370 g/mol. The number of hydrogen-bond acceptors (Lipinski definition) is 8. The molecule has 4 unspecified atom stereocenters. The monoisotopic (exact) mass is 401 g/mol. The largest absolute Gasteiger partial charge is 0.390 e. The van der Waals surface area contributed by atoms with Gasteiger partial charge in [0.2, 0.25) is 0 Å². The summed E-state index contributed by atoms with van der Waals surface area (Å²) >= 11 is 0. The topological polar surface area (TPSA) is 140 Å². The van der Waals surface area contributed by atoms with E-state index in [0.717, 1.165) is 6.42 Å². The Morgan fingerprint density at radius 3 is 2.21 bits per heavy atom. The highest BCUT2D eigenvalue weighted by Crippen LogP contribution is 2.37. The minimum absolute atomic E-state index is 0.0361. The summed E-state index contributed by atoms with van der Waals surface area (Å²) in [7, 11) is 1.54. The van der Waals surface area contributed by atoms with Gasteiger partial charge in [-0.1, -0.05) is 32.8 Å². The molecule has 0 bridgehead atoms. The third-order valence-electron chi connectivity index (χ3n) is 5.75. The van der Waals surface area contributed by atoms with Gasteiger partial charge in [-0.25, -0.2) is 0 Å². The fraction of sp³-hybridized carbons (Fsp3) is 0.944. The van der Waals surface area contributed by atoms with Gasteiger partial charge in [-0.3, -0.25) is 0 Å². The first kappa shape index (κ1) is 24.5. The third kappa shape index (κ3) is 5.52. The predicted octanol–water partition coefficient (Wildman–Crippen LogP) is 2.26. The number of methoxy groups -OCH3 is 1. The van der Waals surface area contributed by atoms with Crippen molar-refractivity contribution in [2.24, 2.45) is 22.9 Å². The standard InChI is InChI=1S/C17H31N3O5.CO2/c1-7-12-15(10(4)13(19-20-18)17(22-6)24-12)25-16-9(3)8(2)14(21)11(5)23-16;2-1-3/h8-17,21H,7H2,1-6H3;/t8-,9?,10-,11?,12?,13?,14+,15+,16+,17+;/m1./s1. The number of nitrogens with zero attached hydrogens (tertiary/aromatic N) is 3. The molecular formula is C18H31N3O7. The summed E-state index contributed by atoms with van der Waals surface area (Å²) in [5.74, 6) is 0.00933. The van der Waals surface area contributed by atoms with Crippen molar-refractivity contribution >= 4 is 6.15 Å². The molecule has 0 aromatic carbocycles. The van der Waals surface area contributed by atoms with Crippen LogP contribution in [0.2, 0.25) is 0 Å². The summed E-state index contributed by atoms with van der Waals surface area (Å²) < 4.78 is 23.6. The van der Waals surface area contributed by atoms with E-state index in [1.54, 1.807) is 7.11 Å². The molecule has 0 aliphatic carbocycles. The van der Waals surface area contributed by atoms with Crippen LogP contribution in [0.5, 0.6) is 0 Å². The summed E-state index contributed by atoms with van der Waals surface area (Å²) in [6, 6.07) is -0.470. The molecule has 0 amide bonds. The Kier molecular flexibility index (Phi) is 10.1. The van der Waals surface area contributed by atoms with Crippen LogP contribution in [0.25, 0.3) is 10.4 Å². The summed E-state index contributed by atoms with van der Waals surface area (Å²) in [6.45, 7) is 9.88. The molecule has 2 saturated heterocycles. The van der Waals surface area contributed by atoms with E-state index in [4.69, 9.17) is 34.1 Å². The maximum absolute atomic E-state index is 10.2. The van der Waals surface area contributed by atoms with Gasteiger partial charge in [0.05, 0.1) is 30.5 Å². The van der Waals surface area contributed by atoms with E-state index in [-0.39, 0.29) is 42.2 Å². The Morgan fingerprint density at radius 2 is 1.71 bits per heavy atom. The summed E-state index contributed by atoms with van der Waals surface area (Å²) in [4.78, 5) is 19.2. The van der Waals surface area contributed by atoms with Gasteiger partial charge in [0.25, 0.3) is 0 Å². The molecule has 28 heavy (non-hydrogen) atoms. The fourth-order valence-electron chi connectivity index (χ4n) is 3.78. The average molecular weight is 401 g/mol. The van der Waals surface area contributed by atoms with Crippen LogP contribution in [0.1, 0.15) is 41.0 Å². The summed E-state index contributed by atoms with van der Waals surface area (Å²) in [5.41, 5.74) is 8.87. The van der Waals surface area contributed by atoms with Crippen LogP contribution >= 0.6 is 0 Å². The Bertz CT molecular complexity index is 565. The van der Waals surface area contributed by atoms with Crippen molar-refractivity contribution in [3.63, 3.8) is 0 Å². The predicted molar refractivity (Wildman–Crippen MR) is 96.6 cm³/mol. The van der Waals surface area contributed by atoms with E-state index in [2.05, 4.69) is 10.0 Å². The number of aliphatic hydroxyl groups excluding tert-OH is 1. The Hall–Kier alpha value is -1.51. The lowest BCUT2D eigenvalue weighted by molar-refractivity contribution is -0.316. The van der Waals surface area contributed by atoms with Crippen LogP contribution in [0.4, 0.5) is 0 Å². The first-order valence-electron chi connectivity index (χ1n) is 9.47. The Labute approximate surface area is 165 Å². The molecule has 2 aliphatic rings. The minimum Gasteiger partial charge on any atom is -0.390 e. The second kappa shape index (κ2) is 11.5. The SMILES string of the molecule is CCC1O[C@H](OC)C(N=[N+]=[N-])[C@@H](C)[C@@H]1O[C@@H]1OC(C)[C@@H](O)[C@H](C)C1C.O=C=O. The lowest BCUT2D eigenvalue weighted by Gasteiger charge is -2.47. The molecule has 2 rings (SSSR count). The first-order chi connectivity index (χ1) is 13.3. The number of rotatable bonds is 5. The van der Waals surface area contributed by atoms with Gasteiger partial charge < -0.3 is 24.1 Å². The van der Waals surface area contributed by atoms with Crippen molar-refractivity contribution in [2.45, 2.75) is 84.1 Å². The molecule has 1 N–H and O–H groups in total. The fourth-order valence-corrected chi connectivity index (χ4v) is 3.78. The molecule has 160 valence electrons. The van der Waals surface area contributed by atoms with E-state index < -0.39 is 24.7 Å². The van der Waals surface area contributed by atoms with Crippen molar-refractivity contribution in [3.05, 3.63) is 10.4 Å². The van der Waals surface area contributed by atoms with Gasteiger partial charge in [-0.2, -0.15) is 9.59 Å². The zero-order valence-electron chi connectivity index (χ0n) is 17.2. The van der Waals surface area contributed by atoms with Crippen molar-refractivity contribution in [3.8, 4) is 0 Å². The number of azide groups is 1.